The Morgan fingerprint density at radius 2 is 2.16 bits per heavy atom. The van der Waals surface area contributed by atoms with Crippen molar-refractivity contribution in [3.05, 3.63) is 21.5 Å². The van der Waals surface area contributed by atoms with Gasteiger partial charge < -0.3 is 4.74 Å². The number of esters is 1. The summed E-state index contributed by atoms with van der Waals surface area (Å²) in [5, 5.41) is 15.1. The van der Waals surface area contributed by atoms with Crippen molar-refractivity contribution in [3.63, 3.8) is 0 Å². The van der Waals surface area contributed by atoms with E-state index < -0.39 is 16.9 Å². The van der Waals surface area contributed by atoms with Gasteiger partial charge in [-0.1, -0.05) is 19.8 Å². The van der Waals surface area contributed by atoms with Crippen LogP contribution >= 0.6 is 0 Å². The van der Waals surface area contributed by atoms with Crippen molar-refractivity contribution in [1.82, 2.24) is 9.78 Å². The molecule has 1 rings (SSSR count). The van der Waals surface area contributed by atoms with E-state index in [1.54, 1.807) is 13.8 Å². The van der Waals surface area contributed by atoms with Crippen LogP contribution in [0.15, 0.2) is 0 Å². The first-order valence-corrected chi connectivity index (χ1v) is 6.21. The SMILES string of the molecule is CCCCC(C(=O)OC)n1nc(C)c([N+](=O)[O-])c1C. The molecule has 0 N–H and O–H groups in total. The van der Waals surface area contributed by atoms with Gasteiger partial charge >= 0.3 is 11.7 Å². The normalized spacial score (nSPS) is 12.2. The lowest BCUT2D eigenvalue weighted by Gasteiger charge is -2.15. The van der Waals surface area contributed by atoms with Crippen molar-refractivity contribution in [2.24, 2.45) is 0 Å². The number of methoxy groups -OCH3 is 1. The van der Waals surface area contributed by atoms with E-state index in [1.807, 2.05) is 6.92 Å². The van der Waals surface area contributed by atoms with Crippen molar-refractivity contribution in [2.45, 2.75) is 46.1 Å². The third kappa shape index (κ3) is 3.10. The molecule has 0 amide bonds. The predicted octanol–water partition coefficient (Wildman–Crippen LogP) is 2.31. The van der Waals surface area contributed by atoms with Crippen LogP contribution in [-0.4, -0.2) is 27.8 Å². The van der Waals surface area contributed by atoms with Gasteiger partial charge in [-0.2, -0.15) is 5.10 Å². The molecule has 0 aliphatic carbocycles. The number of hydrogen-bond acceptors (Lipinski definition) is 5. The summed E-state index contributed by atoms with van der Waals surface area (Å²) >= 11 is 0. The Hall–Kier alpha value is -1.92. The van der Waals surface area contributed by atoms with E-state index in [4.69, 9.17) is 4.74 Å². The highest BCUT2D eigenvalue weighted by Crippen LogP contribution is 2.27. The maximum atomic E-state index is 11.8. The van der Waals surface area contributed by atoms with Crippen LogP contribution in [0, 0.1) is 24.0 Å². The Morgan fingerprint density at radius 3 is 2.58 bits per heavy atom. The van der Waals surface area contributed by atoms with Gasteiger partial charge in [0, 0.05) is 0 Å². The molecule has 1 heterocycles. The predicted molar refractivity (Wildman–Crippen MR) is 68.9 cm³/mol. The summed E-state index contributed by atoms with van der Waals surface area (Å²) in [5.74, 6) is -0.422. The highest BCUT2D eigenvalue weighted by Gasteiger charge is 2.29. The molecule has 1 unspecified atom stereocenters. The lowest BCUT2D eigenvalue weighted by Crippen LogP contribution is -2.23. The van der Waals surface area contributed by atoms with Crippen LogP contribution in [0.1, 0.15) is 43.6 Å². The standard InChI is InChI=1S/C12H19N3O4/c1-5-6-7-10(12(16)19-4)14-9(3)11(15(17)18)8(2)13-14/h10H,5-7H2,1-4H3. The molecule has 1 aromatic rings. The molecule has 7 heteroatoms. The van der Waals surface area contributed by atoms with Gasteiger partial charge in [0.15, 0.2) is 0 Å². The first-order chi connectivity index (χ1) is 8.93. The highest BCUT2D eigenvalue weighted by atomic mass is 16.6. The minimum Gasteiger partial charge on any atom is -0.467 e. The molecule has 7 nitrogen and oxygen atoms in total. The third-order valence-electron chi connectivity index (χ3n) is 3.07. The maximum absolute atomic E-state index is 11.8. The summed E-state index contributed by atoms with van der Waals surface area (Å²) in [6.45, 7) is 5.17. The number of carbonyl (C=O) groups is 1. The van der Waals surface area contributed by atoms with E-state index in [9.17, 15) is 14.9 Å². The van der Waals surface area contributed by atoms with Crippen molar-refractivity contribution >= 4 is 11.7 Å². The molecule has 1 aromatic heterocycles. The molecule has 19 heavy (non-hydrogen) atoms. The smallest absolute Gasteiger partial charge is 0.330 e. The van der Waals surface area contributed by atoms with Gasteiger partial charge in [-0.05, 0) is 20.3 Å². The van der Waals surface area contributed by atoms with E-state index in [-0.39, 0.29) is 5.69 Å². The van der Waals surface area contributed by atoms with E-state index in [0.29, 0.717) is 17.8 Å². The second kappa shape index (κ2) is 6.31. The Morgan fingerprint density at radius 1 is 1.53 bits per heavy atom. The third-order valence-corrected chi connectivity index (χ3v) is 3.07. The molecule has 0 fully saturated rings. The van der Waals surface area contributed by atoms with Gasteiger partial charge in [-0.25, -0.2) is 9.48 Å². The first-order valence-electron chi connectivity index (χ1n) is 6.21. The number of carbonyl (C=O) groups excluding carboxylic acids is 1. The van der Waals surface area contributed by atoms with Gasteiger partial charge in [0.05, 0.1) is 12.0 Å². The number of ether oxygens (including phenoxy) is 1. The van der Waals surface area contributed by atoms with E-state index >= 15 is 0 Å². The molecule has 0 aromatic carbocycles. The fraction of sp³-hybridized carbons (Fsp3) is 0.667. The lowest BCUT2D eigenvalue weighted by molar-refractivity contribution is -0.386. The molecule has 0 radical (unpaired) electrons. The average Bonchev–Trinajstić information content (AvgIpc) is 2.65. The molecular weight excluding hydrogens is 250 g/mol. The van der Waals surface area contributed by atoms with Gasteiger partial charge in [0.1, 0.15) is 17.4 Å². The Kier molecular flexibility index (Phi) is 5.02. The molecule has 0 spiro atoms. The maximum Gasteiger partial charge on any atom is 0.330 e. The Labute approximate surface area is 111 Å². The van der Waals surface area contributed by atoms with Gasteiger partial charge in [-0.3, -0.25) is 10.1 Å². The summed E-state index contributed by atoms with van der Waals surface area (Å²) in [6.07, 6.45) is 2.31. The molecule has 1 atom stereocenters. The molecule has 0 aliphatic rings. The van der Waals surface area contributed by atoms with Crippen LogP contribution in [0.3, 0.4) is 0 Å². The Bertz CT molecular complexity index is 482. The Balaban J connectivity index is 3.19. The van der Waals surface area contributed by atoms with Crippen molar-refractivity contribution in [2.75, 3.05) is 7.11 Å². The molecule has 0 saturated heterocycles. The van der Waals surface area contributed by atoms with Crippen molar-refractivity contribution in [3.8, 4) is 0 Å². The summed E-state index contributed by atoms with van der Waals surface area (Å²) in [5.41, 5.74) is 0.660. The number of unbranched alkanes of at least 4 members (excludes halogenated alkanes) is 1. The topological polar surface area (TPSA) is 87.3 Å². The van der Waals surface area contributed by atoms with Crippen LogP contribution in [0.5, 0.6) is 0 Å². The van der Waals surface area contributed by atoms with Crippen LogP contribution < -0.4 is 0 Å². The lowest BCUT2D eigenvalue weighted by atomic mass is 10.1. The van der Waals surface area contributed by atoms with Gasteiger partial charge in [0.2, 0.25) is 0 Å². The number of aromatic nitrogens is 2. The van der Waals surface area contributed by atoms with Crippen molar-refractivity contribution < 1.29 is 14.5 Å². The monoisotopic (exact) mass is 269 g/mol. The van der Waals surface area contributed by atoms with Crippen LogP contribution in [0.25, 0.3) is 0 Å². The zero-order chi connectivity index (χ0) is 14.6. The minimum atomic E-state index is -0.600. The van der Waals surface area contributed by atoms with Crippen LogP contribution in [-0.2, 0) is 9.53 Å². The highest BCUT2D eigenvalue weighted by molar-refractivity contribution is 5.74. The van der Waals surface area contributed by atoms with E-state index in [1.165, 1.54) is 11.8 Å². The number of hydrogen-bond donors (Lipinski definition) is 0. The summed E-state index contributed by atoms with van der Waals surface area (Å²) in [4.78, 5) is 22.3. The van der Waals surface area contributed by atoms with E-state index in [0.717, 1.165) is 12.8 Å². The largest absolute Gasteiger partial charge is 0.467 e. The molecule has 106 valence electrons. The first kappa shape index (κ1) is 15.1. The zero-order valence-electron chi connectivity index (χ0n) is 11.7. The molecule has 0 bridgehead atoms. The number of nitro groups is 1. The van der Waals surface area contributed by atoms with Gasteiger partial charge in [0.25, 0.3) is 0 Å². The number of nitrogens with zero attached hydrogens (tertiary/aromatic N) is 3. The average molecular weight is 269 g/mol. The zero-order valence-corrected chi connectivity index (χ0v) is 11.7. The summed E-state index contributed by atoms with van der Waals surface area (Å²) in [6, 6.07) is -0.600. The quantitative estimate of drug-likeness (QED) is 0.449. The molecule has 0 aliphatic heterocycles. The second-order valence-corrected chi connectivity index (χ2v) is 4.40. The van der Waals surface area contributed by atoms with Crippen molar-refractivity contribution in [1.29, 1.82) is 0 Å². The number of rotatable bonds is 6. The fourth-order valence-corrected chi connectivity index (χ4v) is 2.10. The van der Waals surface area contributed by atoms with Crippen LogP contribution in [0.2, 0.25) is 0 Å². The van der Waals surface area contributed by atoms with Crippen LogP contribution in [0.4, 0.5) is 5.69 Å². The van der Waals surface area contributed by atoms with Gasteiger partial charge in [-0.15, -0.1) is 0 Å². The van der Waals surface area contributed by atoms with E-state index in [2.05, 4.69) is 5.10 Å². The molecular formula is C12H19N3O4. The molecule has 0 saturated carbocycles. The number of aryl methyl sites for hydroxylation is 1. The minimum absolute atomic E-state index is 0.0367. The summed E-state index contributed by atoms with van der Waals surface area (Å²) in [7, 11) is 1.31. The second-order valence-electron chi connectivity index (χ2n) is 4.40. The summed E-state index contributed by atoms with van der Waals surface area (Å²) < 4.78 is 6.17. The fourth-order valence-electron chi connectivity index (χ4n) is 2.10.